The Kier molecular flexibility index (Phi) is 2.48. The molecule has 0 aromatic carbocycles. The normalized spacial score (nSPS) is 16.4. The van der Waals surface area contributed by atoms with E-state index >= 15 is 0 Å². The van der Waals surface area contributed by atoms with Crippen LogP contribution in [0.4, 0.5) is 0 Å². The molecule has 0 atom stereocenters. The molecule has 2 rings (SSSR count). The lowest BCUT2D eigenvalue weighted by atomic mass is 9.97. The zero-order valence-electron chi connectivity index (χ0n) is 9.82. The summed E-state index contributed by atoms with van der Waals surface area (Å²) in [5.41, 5.74) is -0.312. The van der Waals surface area contributed by atoms with Crippen molar-refractivity contribution in [1.29, 1.82) is 0 Å². The molecule has 16 heavy (non-hydrogen) atoms. The molecule has 0 radical (unpaired) electrons. The fourth-order valence-electron chi connectivity index (χ4n) is 1.39. The Morgan fingerprint density at radius 3 is 2.56 bits per heavy atom. The molecule has 0 N–H and O–H groups in total. The summed E-state index contributed by atoms with van der Waals surface area (Å²) < 4.78 is 6.15. The fourth-order valence-corrected chi connectivity index (χ4v) is 1.39. The Morgan fingerprint density at radius 1 is 1.50 bits per heavy atom. The maximum absolute atomic E-state index is 11.5. The van der Waals surface area contributed by atoms with Gasteiger partial charge in [0.2, 0.25) is 5.89 Å². The van der Waals surface area contributed by atoms with E-state index in [9.17, 15) is 9.59 Å². The number of Topliss-reactive ketones (excluding diaryl/α,β-unsaturated/α-hetero) is 1. The average molecular weight is 224 g/mol. The van der Waals surface area contributed by atoms with Crippen molar-refractivity contribution in [2.75, 3.05) is 0 Å². The lowest BCUT2D eigenvalue weighted by molar-refractivity contribution is -0.121. The van der Waals surface area contributed by atoms with Gasteiger partial charge in [0.15, 0.2) is 5.78 Å². The van der Waals surface area contributed by atoms with E-state index in [1.165, 1.54) is 0 Å². The van der Waals surface area contributed by atoms with E-state index < -0.39 is 5.76 Å². The minimum atomic E-state index is -0.543. The Labute approximate surface area is 93.4 Å². The molecule has 1 saturated carbocycles. The first-order chi connectivity index (χ1) is 7.38. The van der Waals surface area contributed by atoms with Gasteiger partial charge in [0.25, 0.3) is 0 Å². The Balaban J connectivity index is 2.18. The van der Waals surface area contributed by atoms with E-state index in [1.54, 1.807) is 0 Å². The van der Waals surface area contributed by atoms with E-state index in [0.717, 1.165) is 17.5 Å². The Hall–Kier alpha value is -1.39. The number of aromatic nitrogens is 2. The molecule has 0 amide bonds. The van der Waals surface area contributed by atoms with Gasteiger partial charge in [-0.25, -0.2) is 4.79 Å². The lowest BCUT2D eigenvalue weighted by Gasteiger charge is -2.10. The number of carbonyl (C=O) groups excluding carboxylic acids is 1. The summed E-state index contributed by atoms with van der Waals surface area (Å²) in [6.07, 6.45) is 1.88. The highest BCUT2D eigenvalue weighted by Gasteiger charge is 2.31. The zero-order chi connectivity index (χ0) is 11.9. The molecular weight excluding hydrogens is 208 g/mol. The van der Waals surface area contributed by atoms with E-state index in [4.69, 9.17) is 4.42 Å². The maximum atomic E-state index is 11.5. The molecule has 0 aliphatic heterocycles. The van der Waals surface area contributed by atoms with Crippen LogP contribution in [0.15, 0.2) is 9.21 Å². The molecule has 1 aliphatic rings. The van der Waals surface area contributed by atoms with E-state index in [0.29, 0.717) is 5.89 Å². The highest BCUT2D eigenvalue weighted by Crippen LogP contribution is 2.30. The second kappa shape index (κ2) is 3.57. The number of carbonyl (C=O) groups is 1. The highest BCUT2D eigenvalue weighted by atomic mass is 16.4. The summed E-state index contributed by atoms with van der Waals surface area (Å²) in [4.78, 5) is 23.0. The predicted molar refractivity (Wildman–Crippen MR) is 57.2 cm³/mol. The molecule has 1 aliphatic carbocycles. The highest BCUT2D eigenvalue weighted by molar-refractivity contribution is 5.82. The van der Waals surface area contributed by atoms with Gasteiger partial charge in [-0.1, -0.05) is 20.8 Å². The van der Waals surface area contributed by atoms with Crippen molar-refractivity contribution in [3.63, 3.8) is 0 Å². The van der Waals surface area contributed by atoms with Crippen molar-refractivity contribution in [3.05, 3.63) is 16.4 Å². The molecule has 0 bridgehead atoms. The van der Waals surface area contributed by atoms with Crippen LogP contribution in [-0.2, 0) is 16.8 Å². The number of ketones is 1. The van der Waals surface area contributed by atoms with Gasteiger partial charge in [-0.3, -0.25) is 4.79 Å². The minimum absolute atomic E-state index is 0.0447. The van der Waals surface area contributed by atoms with E-state index in [1.807, 2.05) is 20.8 Å². The SMILES string of the molecule is CC(C)(C)c1nn(CC(=O)C2CC2)c(=O)o1. The average Bonchev–Trinajstić information content (AvgIpc) is 2.92. The molecule has 1 aromatic rings. The topological polar surface area (TPSA) is 65.1 Å². The van der Waals surface area contributed by atoms with Crippen LogP contribution in [0, 0.1) is 5.92 Å². The van der Waals surface area contributed by atoms with Crippen molar-refractivity contribution in [2.45, 2.75) is 45.6 Å². The molecule has 1 heterocycles. The van der Waals surface area contributed by atoms with Crippen LogP contribution in [0.1, 0.15) is 39.5 Å². The van der Waals surface area contributed by atoms with Crippen LogP contribution in [0.5, 0.6) is 0 Å². The number of nitrogens with zero attached hydrogens (tertiary/aromatic N) is 2. The Morgan fingerprint density at radius 2 is 2.12 bits per heavy atom. The van der Waals surface area contributed by atoms with Crippen molar-refractivity contribution < 1.29 is 9.21 Å². The maximum Gasteiger partial charge on any atom is 0.437 e. The number of hydrogen-bond acceptors (Lipinski definition) is 4. The molecule has 1 aromatic heterocycles. The van der Waals surface area contributed by atoms with Gasteiger partial charge < -0.3 is 4.42 Å². The van der Waals surface area contributed by atoms with Crippen molar-refractivity contribution >= 4 is 5.78 Å². The zero-order valence-corrected chi connectivity index (χ0v) is 9.82. The van der Waals surface area contributed by atoms with E-state index in [2.05, 4.69) is 5.10 Å². The van der Waals surface area contributed by atoms with Crippen LogP contribution in [0.3, 0.4) is 0 Å². The molecule has 5 nitrogen and oxygen atoms in total. The summed E-state index contributed by atoms with van der Waals surface area (Å²) in [7, 11) is 0. The molecular formula is C11H16N2O3. The van der Waals surface area contributed by atoms with Crippen LogP contribution >= 0.6 is 0 Å². The largest absolute Gasteiger partial charge is 0.437 e. The minimum Gasteiger partial charge on any atom is -0.392 e. The van der Waals surface area contributed by atoms with Gasteiger partial charge in [0.05, 0.1) is 0 Å². The van der Waals surface area contributed by atoms with Gasteiger partial charge >= 0.3 is 5.76 Å². The van der Waals surface area contributed by atoms with Crippen LogP contribution in [-0.4, -0.2) is 15.6 Å². The van der Waals surface area contributed by atoms with Crippen LogP contribution < -0.4 is 5.76 Å². The quantitative estimate of drug-likeness (QED) is 0.771. The van der Waals surface area contributed by atoms with Crippen LogP contribution in [0.2, 0.25) is 0 Å². The third-order valence-electron chi connectivity index (χ3n) is 2.59. The third-order valence-corrected chi connectivity index (χ3v) is 2.59. The monoisotopic (exact) mass is 224 g/mol. The lowest BCUT2D eigenvalue weighted by Crippen LogP contribution is -2.22. The second-order valence-electron chi connectivity index (χ2n) is 5.32. The van der Waals surface area contributed by atoms with Gasteiger partial charge in [0, 0.05) is 11.3 Å². The van der Waals surface area contributed by atoms with Gasteiger partial charge in [-0.15, -0.1) is 5.10 Å². The summed E-state index contributed by atoms with van der Waals surface area (Å²) in [5.74, 6) is 0.0533. The van der Waals surface area contributed by atoms with E-state index in [-0.39, 0.29) is 23.7 Å². The van der Waals surface area contributed by atoms with Gasteiger partial charge in [-0.05, 0) is 12.8 Å². The molecule has 0 unspecified atom stereocenters. The first-order valence-corrected chi connectivity index (χ1v) is 5.49. The first-order valence-electron chi connectivity index (χ1n) is 5.49. The first kappa shape index (κ1) is 11.1. The summed E-state index contributed by atoms with van der Waals surface area (Å²) in [6, 6.07) is 0. The van der Waals surface area contributed by atoms with Crippen LogP contribution in [0.25, 0.3) is 0 Å². The number of hydrogen-bond donors (Lipinski definition) is 0. The van der Waals surface area contributed by atoms with Gasteiger partial charge in [0.1, 0.15) is 6.54 Å². The molecule has 1 fully saturated rings. The van der Waals surface area contributed by atoms with Crippen molar-refractivity contribution in [2.24, 2.45) is 5.92 Å². The molecule has 5 heteroatoms. The predicted octanol–water partition coefficient (Wildman–Crippen LogP) is 1.11. The van der Waals surface area contributed by atoms with Crippen molar-refractivity contribution in [3.8, 4) is 0 Å². The summed E-state index contributed by atoms with van der Waals surface area (Å²) >= 11 is 0. The fraction of sp³-hybridized carbons (Fsp3) is 0.727. The third kappa shape index (κ3) is 2.23. The Bertz CT molecular complexity index is 460. The molecule has 88 valence electrons. The summed E-state index contributed by atoms with van der Waals surface area (Å²) in [6.45, 7) is 5.77. The molecule has 0 spiro atoms. The number of rotatable bonds is 3. The van der Waals surface area contributed by atoms with Crippen molar-refractivity contribution in [1.82, 2.24) is 9.78 Å². The molecule has 0 saturated heterocycles. The smallest absolute Gasteiger partial charge is 0.392 e. The summed E-state index contributed by atoms with van der Waals surface area (Å²) in [5, 5.41) is 4.05. The second-order valence-corrected chi connectivity index (χ2v) is 5.32. The van der Waals surface area contributed by atoms with Gasteiger partial charge in [-0.2, -0.15) is 4.68 Å². The standard InChI is InChI=1S/C11H16N2O3/c1-11(2,3)9-12-13(10(15)16-9)6-8(14)7-4-5-7/h7H,4-6H2,1-3H3.